The molecular weight excluding hydrogens is 381 g/mol. The average Bonchev–Trinajstić information content (AvgIpc) is 3.14. The third kappa shape index (κ3) is 3.40. The van der Waals surface area contributed by atoms with Gasteiger partial charge in [0.25, 0.3) is 5.24 Å². The van der Waals surface area contributed by atoms with Crippen molar-refractivity contribution >= 4 is 32.9 Å². The standard InChI is InChI=1S/C14H13F3N2O4S2/c15-14(16,17)9-2-1-3-11(6-9)25(22,23)18-5-4-10(7-18)19-12(20)8-24-13(19)21/h1-3,6,10H,4-5,7-8H2/t10-/m1/s1. The van der Waals surface area contributed by atoms with E-state index in [0.29, 0.717) is 6.07 Å². The Balaban J connectivity index is 1.82. The molecule has 2 heterocycles. The van der Waals surface area contributed by atoms with Crippen LogP contribution in [0.1, 0.15) is 12.0 Å². The van der Waals surface area contributed by atoms with Gasteiger partial charge in [0, 0.05) is 13.1 Å². The van der Waals surface area contributed by atoms with Crippen molar-refractivity contribution in [2.75, 3.05) is 18.8 Å². The average molecular weight is 394 g/mol. The van der Waals surface area contributed by atoms with Crippen LogP contribution in [0.3, 0.4) is 0 Å². The highest BCUT2D eigenvalue weighted by molar-refractivity contribution is 8.14. The minimum atomic E-state index is -4.65. The monoisotopic (exact) mass is 394 g/mol. The summed E-state index contributed by atoms with van der Waals surface area (Å²) < 4.78 is 64.6. The molecule has 0 bridgehead atoms. The Hall–Kier alpha value is -1.59. The summed E-state index contributed by atoms with van der Waals surface area (Å²) in [4.78, 5) is 24.1. The SMILES string of the molecule is O=C1CSC(=O)N1[C@@H]1CCN(S(=O)(=O)c2cccc(C(F)(F)F)c2)C1. The van der Waals surface area contributed by atoms with Crippen molar-refractivity contribution in [1.29, 1.82) is 0 Å². The molecule has 1 aromatic rings. The predicted molar refractivity (Wildman–Crippen MR) is 83.3 cm³/mol. The summed E-state index contributed by atoms with van der Waals surface area (Å²) in [5.41, 5.74) is -1.05. The topological polar surface area (TPSA) is 74.8 Å². The summed E-state index contributed by atoms with van der Waals surface area (Å²) in [7, 11) is -4.14. The maximum absolute atomic E-state index is 12.8. The minimum Gasteiger partial charge on any atom is -0.273 e. The van der Waals surface area contributed by atoms with Crippen LogP contribution >= 0.6 is 11.8 Å². The van der Waals surface area contributed by atoms with Gasteiger partial charge in [0.1, 0.15) is 0 Å². The molecule has 2 aliphatic heterocycles. The van der Waals surface area contributed by atoms with Gasteiger partial charge in [0.15, 0.2) is 0 Å². The van der Waals surface area contributed by atoms with Crippen LogP contribution in [0.15, 0.2) is 29.2 Å². The maximum atomic E-state index is 12.8. The Labute approximate surface area is 146 Å². The van der Waals surface area contributed by atoms with Crippen LogP contribution in [0, 0.1) is 0 Å². The number of halogens is 3. The molecular formula is C14H13F3N2O4S2. The van der Waals surface area contributed by atoms with Crippen LogP contribution in [-0.4, -0.2) is 53.7 Å². The van der Waals surface area contributed by atoms with E-state index in [1.807, 2.05) is 0 Å². The smallest absolute Gasteiger partial charge is 0.273 e. The van der Waals surface area contributed by atoms with Gasteiger partial charge in [-0.15, -0.1) is 0 Å². The van der Waals surface area contributed by atoms with Gasteiger partial charge >= 0.3 is 6.18 Å². The van der Waals surface area contributed by atoms with Crippen molar-refractivity contribution in [3.8, 4) is 0 Å². The van der Waals surface area contributed by atoms with Gasteiger partial charge < -0.3 is 0 Å². The number of carbonyl (C=O) groups excluding carboxylic acids is 2. The lowest BCUT2D eigenvalue weighted by molar-refractivity contribution is -0.137. The molecule has 2 fully saturated rings. The van der Waals surface area contributed by atoms with Crippen LogP contribution < -0.4 is 0 Å². The van der Waals surface area contributed by atoms with Gasteiger partial charge in [-0.05, 0) is 24.6 Å². The van der Waals surface area contributed by atoms with Crippen LogP contribution in [0.5, 0.6) is 0 Å². The largest absolute Gasteiger partial charge is 0.416 e. The summed E-state index contributed by atoms with van der Waals surface area (Å²) in [5.74, 6) is -0.353. The second kappa shape index (κ2) is 6.29. The van der Waals surface area contributed by atoms with Crippen molar-refractivity contribution < 1.29 is 31.2 Å². The van der Waals surface area contributed by atoms with E-state index in [-0.39, 0.29) is 31.2 Å². The van der Waals surface area contributed by atoms with Gasteiger partial charge in [0.05, 0.1) is 22.3 Å². The molecule has 0 saturated carbocycles. The fraction of sp³-hybridized carbons (Fsp3) is 0.429. The number of sulfonamides is 1. The van der Waals surface area contributed by atoms with Gasteiger partial charge in [-0.25, -0.2) is 8.42 Å². The fourth-order valence-electron chi connectivity index (χ4n) is 2.84. The van der Waals surface area contributed by atoms with Crippen molar-refractivity contribution in [2.45, 2.75) is 23.5 Å². The zero-order valence-corrected chi connectivity index (χ0v) is 14.3. The van der Waals surface area contributed by atoms with Crippen molar-refractivity contribution in [3.63, 3.8) is 0 Å². The molecule has 1 aromatic carbocycles. The Morgan fingerprint density at radius 3 is 2.52 bits per heavy atom. The van der Waals surface area contributed by atoms with E-state index in [2.05, 4.69) is 0 Å². The second-order valence-electron chi connectivity index (χ2n) is 5.65. The molecule has 0 N–H and O–H groups in total. The molecule has 2 saturated heterocycles. The van der Waals surface area contributed by atoms with Crippen LogP contribution in [0.4, 0.5) is 18.0 Å². The van der Waals surface area contributed by atoms with E-state index in [4.69, 9.17) is 0 Å². The molecule has 1 atom stereocenters. The van der Waals surface area contributed by atoms with E-state index < -0.39 is 37.9 Å². The Kier molecular flexibility index (Phi) is 4.58. The number of hydrogen-bond acceptors (Lipinski definition) is 5. The number of nitrogens with zero attached hydrogens (tertiary/aromatic N) is 2. The number of alkyl halides is 3. The third-order valence-corrected chi connectivity index (χ3v) is 6.77. The summed E-state index contributed by atoms with van der Waals surface area (Å²) in [6.07, 6.45) is -4.39. The van der Waals surface area contributed by atoms with Gasteiger partial charge in [-0.1, -0.05) is 17.8 Å². The zero-order valence-electron chi connectivity index (χ0n) is 12.7. The van der Waals surface area contributed by atoms with Crippen molar-refractivity contribution in [2.24, 2.45) is 0 Å². The van der Waals surface area contributed by atoms with Gasteiger partial charge in [-0.2, -0.15) is 17.5 Å². The number of carbonyl (C=O) groups is 2. The van der Waals surface area contributed by atoms with Crippen LogP contribution in [-0.2, 0) is 21.0 Å². The minimum absolute atomic E-state index is 0.0235. The summed E-state index contributed by atoms with van der Waals surface area (Å²) >= 11 is 0.855. The highest BCUT2D eigenvalue weighted by atomic mass is 32.2. The zero-order chi connectivity index (χ0) is 18.4. The van der Waals surface area contributed by atoms with Gasteiger partial charge in [0.2, 0.25) is 15.9 Å². The lowest BCUT2D eigenvalue weighted by Gasteiger charge is -2.22. The number of thioether (sulfide) groups is 1. The number of rotatable bonds is 3. The first-order valence-electron chi connectivity index (χ1n) is 7.27. The first kappa shape index (κ1) is 18.2. The molecule has 3 rings (SSSR count). The summed E-state index contributed by atoms with van der Waals surface area (Å²) in [5, 5.41) is -0.423. The summed E-state index contributed by atoms with van der Waals surface area (Å²) in [6.45, 7) is -0.0818. The molecule has 0 unspecified atom stereocenters. The van der Waals surface area contributed by atoms with E-state index in [0.717, 1.165) is 39.2 Å². The number of hydrogen-bond donors (Lipinski definition) is 0. The number of benzene rings is 1. The maximum Gasteiger partial charge on any atom is 0.416 e. The van der Waals surface area contributed by atoms with Crippen LogP contribution in [0.2, 0.25) is 0 Å². The van der Waals surface area contributed by atoms with Gasteiger partial charge in [-0.3, -0.25) is 14.5 Å². The Morgan fingerprint density at radius 1 is 1.20 bits per heavy atom. The molecule has 2 aliphatic rings. The normalized spacial score (nSPS) is 22.8. The first-order valence-corrected chi connectivity index (χ1v) is 9.69. The molecule has 0 spiro atoms. The molecule has 25 heavy (non-hydrogen) atoms. The third-order valence-electron chi connectivity index (χ3n) is 4.07. The molecule has 136 valence electrons. The fourth-order valence-corrected chi connectivity index (χ4v) is 5.15. The highest BCUT2D eigenvalue weighted by Crippen LogP contribution is 2.33. The predicted octanol–water partition coefficient (Wildman–Crippen LogP) is 2.16. The Bertz CT molecular complexity index is 810. The highest BCUT2D eigenvalue weighted by Gasteiger charge is 2.42. The molecule has 0 radical (unpaired) electrons. The van der Waals surface area contributed by atoms with Crippen LogP contribution in [0.25, 0.3) is 0 Å². The van der Waals surface area contributed by atoms with E-state index in [1.54, 1.807) is 0 Å². The molecule has 0 aliphatic carbocycles. The van der Waals surface area contributed by atoms with Crippen molar-refractivity contribution in [3.05, 3.63) is 29.8 Å². The molecule has 11 heteroatoms. The number of imide groups is 1. The lowest BCUT2D eigenvalue weighted by Crippen LogP contribution is -2.41. The molecule has 0 aromatic heterocycles. The quantitative estimate of drug-likeness (QED) is 0.786. The van der Waals surface area contributed by atoms with E-state index in [9.17, 15) is 31.2 Å². The lowest BCUT2D eigenvalue weighted by atomic mass is 10.2. The molecule has 6 nitrogen and oxygen atoms in total. The van der Waals surface area contributed by atoms with E-state index in [1.165, 1.54) is 0 Å². The van der Waals surface area contributed by atoms with E-state index >= 15 is 0 Å². The molecule has 2 amide bonds. The second-order valence-corrected chi connectivity index (χ2v) is 8.51. The first-order chi connectivity index (χ1) is 11.6. The van der Waals surface area contributed by atoms with Crippen molar-refractivity contribution in [1.82, 2.24) is 9.21 Å². The summed E-state index contributed by atoms with van der Waals surface area (Å²) in [6, 6.07) is 2.93. The Morgan fingerprint density at radius 2 is 1.92 bits per heavy atom. The number of amides is 2.